The summed E-state index contributed by atoms with van der Waals surface area (Å²) in [5.41, 5.74) is 1.82. The third-order valence-corrected chi connectivity index (χ3v) is 3.96. The Balaban J connectivity index is 1.65. The fraction of sp³-hybridized carbons (Fsp3) is 0.278. The number of carbonyl (C=O) groups is 2. The summed E-state index contributed by atoms with van der Waals surface area (Å²) < 4.78 is 0. The molecule has 0 spiro atoms. The van der Waals surface area contributed by atoms with Crippen LogP contribution in [0.2, 0.25) is 0 Å². The van der Waals surface area contributed by atoms with Crippen molar-refractivity contribution in [3.05, 3.63) is 59.9 Å². The van der Waals surface area contributed by atoms with Crippen LogP contribution in [0.3, 0.4) is 0 Å². The highest BCUT2D eigenvalue weighted by Crippen LogP contribution is 2.16. The first-order chi connectivity index (χ1) is 11.2. The molecule has 5 nitrogen and oxygen atoms in total. The topological polar surface area (TPSA) is 62.3 Å². The van der Waals surface area contributed by atoms with Crippen molar-refractivity contribution in [2.45, 2.75) is 19.3 Å². The second-order valence-electron chi connectivity index (χ2n) is 5.63. The number of pyridine rings is 1. The zero-order chi connectivity index (χ0) is 16.1. The van der Waals surface area contributed by atoms with E-state index in [0.29, 0.717) is 16.8 Å². The number of benzene rings is 1. The molecular weight excluding hydrogens is 290 g/mol. The number of piperidine rings is 1. The highest BCUT2D eigenvalue weighted by Gasteiger charge is 2.18. The van der Waals surface area contributed by atoms with Crippen LogP contribution >= 0.6 is 0 Å². The molecule has 1 fully saturated rings. The highest BCUT2D eigenvalue weighted by molar-refractivity contribution is 6.04. The van der Waals surface area contributed by atoms with Crippen LogP contribution in [0.5, 0.6) is 0 Å². The van der Waals surface area contributed by atoms with Gasteiger partial charge in [-0.25, -0.2) is 0 Å². The van der Waals surface area contributed by atoms with Crippen molar-refractivity contribution >= 4 is 17.5 Å². The van der Waals surface area contributed by atoms with Gasteiger partial charge in [0.15, 0.2) is 0 Å². The molecule has 5 heteroatoms. The Morgan fingerprint density at radius 2 is 1.70 bits per heavy atom. The number of rotatable bonds is 3. The lowest BCUT2D eigenvalue weighted by Crippen LogP contribution is -2.35. The van der Waals surface area contributed by atoms with E-state index in [2.05, 4.69) is 10.3 Å². The molecular formula is C18H19N3O2. The number of anilines is 1. The molecule has 0 atom stereocenters. The molecule has 0 aliphatic carbocycles. The van der Waals surface area contributed by atoms with Crippen molar-refractivity contribution in [1.82, 2.24) is 9.88 Å². The molecule has 1 aromatic heterocycles. The second-order valence-corrected chi connectivity index (χ2v) is 5.63. The highest BCUT2D eigenvalue weighted by atomic mass is 16.2. The van der Waals surface area contributed by atoms with Gasteiger partial charge in [0.1, 0.15) is 0 Å². The zero-order valence-electron chi connectivity index (χ0n) is 12.9. The predicted molar refractivity (Wildman–Crippen MR) is 88.4 cm³/mol. The number of aromatic nitrogens is 1. The van der Waals surface area contributed by atoms with Crippen molar-refractivity contribution in [3.8, 4) is 0 Å². The lowest BCUT2D eigenvalue weighted by molar-refractivity contribution is 0.0724. The molecule has 1 N–H and O–H groups in total. The Kier molecular flexibility index (Phi) is 4.66. The SMILES string of the molecule is O=C(Nc1ccc(C(=O)N2CCCCC2)cc1)c1cccnc1. The first-order valence-electron chi connectivity index (χ1n) is 7.85. The summed E-state index contributed by atoms with van der Waals surface area (Å²) in [5.74, 6) is -0.150. The summed E-state index contributed by atoms with van der Waals surface area (Å²) >= 11 is 0. The minimum Gasteiger partial charge on any atom is -0.339 e. The molecule has 2 heterocycles. The molecule has 0 bridgehead atoms. The van der Waals surface area contributed by atoms with Crippen molar-refractivity contribution in [3.63, 3.8) is 0 Å². The smallest absolute Gasteiger partial charge is 0.257 e. The van der Waals surface area contributed by atoms with Crippen LogP contribution < -0.4 is 5.32 Å². The van der Waals surface area contributed by atoms with Crippen LogP contribution in [0.15, 0.2) is 48.8 Å². The Labute approximate surface area is 135 Å². The summed E-state index contributed by atoms with van der Waals surface area (Å²) in [7, 11) is 0. The second kappa shape index (κ2) is 7.05. The minimum absolute atomic E-state index is 0.0647. The van der Waals surface area contributed by atoms with Crippen LogP contribution in [0.1, 0.15) is 40.0 Å². The van der Waals surface area contributed by atoms with Crippen molar-refractivity contribution in [2.24, 2.45) is 0 Å². The van der Waals surface area contributed by atoms with Gasteiger partial charge in [0.05, 0.1) is 5.56 Å². The van der Waals surface area contributed by atoms with E-state index in [9.17, 15) is 9.59 Å². The average molecular weight is 309 g/mol. The summed E-state index contributed by atoms with van der Waals surface area (Å²) in [6.07, 6.45) is 6.49. The van der Waals surface area contributed by atoms with E-state index in [1.54, 1.807) is 42.6 Å². The van der Waals surface area contributed by atoms with Gasteiger partial charge in [-0.05, 0) is 55.7 Å². The zero-order valence-corrected chi connectivity index (χ0v) is 12.9. The largest absolute Gasteiger partial charge is 0.339 e. The van der Waals surface area contributed by atoms with Crippen molar-refractivity contribution < 1.29 is 9.59 Å². The molecule has 2 amide bonds. The molecule has 23 heavy (non-hydrogen) atoms. The van der Waals surface area contributed by atoms with Crippen molar-refractivity contribution in [2.75, 3.05) is 18.4 Å². The van der Waals surface area contributed by atoms with Crippen molar-refractivity contribution in [1.29, 1.82) is 0 Å². The van der Waals surface area contributed by atoms with Crippen LogP contribution in [-0.4, -0.2) is 34.8 Å². The van der Waals surface area contributed by atoms with E-state index in [-0.39, 0.29) is 11.8 Å². The predicted octanol–water partition coefficient (Wildman–Crippen LogP) is 2.96. The third kappa shape index (κ3) is 3.74. The standard InChI is InChI=1S/C18H19N3O2/c22-17(15-5-4-10-19-13-15)20-16-8-6-14(7-9-16)18(23)21-11-2-1-3-12-21/h4-10,13H,1-3,11-12H2,(H,20,22). The van der Waals surface area contributed by atoms with E-state index < -0.39 is 0 Å². The van der Waals surface area contributed by atoms with Gasteiger partial charge in [-0.15, -0.1) is 0 Å². The summed E-state index contributed by atoms with van der Waals surface area (Å²) in [4.78, 5) is 30.3. The maximum atomic E-state index is 12.4. The summed E-state index contributed by atoms with van der Waals surface area (Å²) in [6, 6.07) is 10.5. The molecule has 3 rings (SSSR count). The van der Waals surface area contributed by atoms with Gasteiger partial charge in [0.2, 0.25) is 0 Å². The van der Waals surface area contributed by atoms with Crippen LogP contribution in [-0.2, 0) is 0 Å². The minimum atomic E-state index is -0.215. The number of amides is 2. The quantitative estimate of drug-likeness (QED) is 0.948. The number of nitrogens with zero attached hydrogens (tertiary/aromatic N) is 2. The first kappa shape index (κ1) is 15.2. The number of nitrogens with one attached hydrogen (secondary N) is 1. The lowest BCUT2D eigenvalue weighted by atomic mass is 10.1. The number of hydrogen-bond acceptors (Lipinski definition) is 3. The van der Waals surface area contributed by atoms with Gasteiger partial charge >= 0.3 is 0 Å². The Morgan fingerprint density at radius 1 is 0.957 bits per heavy atom. The normalized spacial score (nSPS) is 14.3. The third-order valence-electron chi connectivity index (χ3n) is 3.96. The maximum absolute atomic E-state index is 12.4. The molecule has 0 saturated carbocycles. The first-order valence-corrected chi connectivity index (χ1v) is 7.85. The van der Waals surface area contributed by atoms with E-state index in [1.165, 1.54) is 12.6 Å². The molecule has 1 aliphatic heterocycles. The molecule has 1 aromatic carbocycles. The Bertz CT molecular complexity index is 677. The van der Waals surface area contributed by atoms with Gasteiger partial charge < -0.3 is 10.2 Å². The fourth-order valence-corrected chi connectivity index (χ4v) is 2.68. The molecule has 0 radical (unpaired) electrons. The van der Waals surface area contributed by atoms with Gasteiger partial charge in [-0.1, -0.05) is 0 Å². The maximum Gasteiger partial charge on any atom is 0.257 e. The summed E-state index contributed by atoms with van der Waals surface area (Å²) in [6.45, 7) is 1.66. The monoisotopic (exact) mass is 309 g/mol. The van der Waals surface area contributed by atoms with Crippen LogP contribution in [0.4, 0.5) is 5.69 Å². The van der Waals surface area contributed by atoms with Crippen LogP contribution in [0, 0.1) is 0 Å². The van der Waals surface area contributed by atoms with Gasteiger partial charge in [-0.3, -0.25) is 14.6 Å². The van der Waals surface area contributed by atoms with Gasteiger partial charge in [-0.2, -0.15) is 0 Å². The lowest BCUT2D eigenvalue weighted by Gasteiger charge is -2.26. The van der Waals surface area contributed by atoms with E-state index >= 15 is 0 Å². The van der Waals surface area contributed by atoms with Gasteiger partial charge in [0, 0.05) is 36.7 Å². The van der Waals surface area contributed by atoms with E-state index in [4.69, 9.17) is 0 Å². The Hall–Kier alpha value is -2.69. The van der Waals surface area contributed by atoms with E-state index in [0.717, 1.165) is 25.9 Å². The Morgan fingerprint density at radius 3 is 2.35 bits per heavy atom. The molecule has 1 saturated heterocycles. The van der Waals surface area contributed by atoms with Gasteiger partial charge in [0.25, 0.3) is 11.8 Å². The van der Waals surface area contributed by atoms with E-state index in [1.807, 2.05) is 4.90 Å². The number of hydrogen-bond donors (Lipinski definition) is 1. The number of carbonyl (C=O) groups excluding carboxylic acids is 2. The molecule has 0 unspecified atom stereocenters. The molecule has 1 aliphatic rings. The number of likely N-dealkylation sites (tertiary alicyclic amines) is 1. The fourth-order valence-electron chi connectivity index (χ4n) is 2.68. The average Bonchev–Trinajstić information content (AvgIpc) is 2.63. The molecule has 118 valence electrons. The van der Waals surface area contributed by atoms with Crippen LogP contribution in [0.25, 0.3) is 0 Å². The molecule has 2 aromatic rings. The summed E-state index contributed by atoms with van der Waals surface area (Å²) in [5, 5.41) is 2.80.